The fraction of sp³-hybridized carbons (Fsp3) is 0.278. The van der Waals surface area contributed by atoms with Crippen molar-refractivity contribution in [2.24, 2.45) is 0 Å². The van der Waals surface area contributed by atoms with Crippen LogP contribution in [-0.2, 0) is 10.8 Å². The summed E-state index contributed by atoms with van der Waals surface area (Å²) in [7, 11) is 2.11. The van der Waals surface area contributed by atoms with Crippen molar-refractivity contribution < 1.29 is 18.5 Å². The Balaban J connectivity index is 2.15. The van der Waals surface area contributed by atoms with Gasteiger partial charge in [-0.25, -0.2) is 0 Å². The van der Waals surface area contributed by atoms with Crippen LogP contribution in [0.2, 0.25) is 0 Å². The predicted octanol–water partition coefficient (Wildman–Crippen LogP) is 2.93. The summed E-state index contributed by atoms with van der Waals surface area (Å²) < 4.78 is 22.0. The maximum Gasteiger partial charge on any atom is 0.251 e. The summed E-state index contributed by atoms with van der Waals surface area (Å²) in [6.45, 7) is 1.89. The molecule has 0 bridgehead atoms. The Kier molecular flexibility index (Phi) is 5.98. The summed E-state index contributed by atoms with van der Waals surface area (Å²) in [6.07, 6.45) is 1.60. The van der Waals surface area contributed by atoms with Crippen molar-refractivity contribution in [3.63, 3.8) is 0 Å². The molecule has 1 N–H and O–H groups in total. The number of rotatable bonds is 6. The first-order valence-electron chi connectivity index (χ1n) is 7.42. The summed E-state index contributed by atoms with van der Waals surface area (Å²) in [5.74, 6) is 1.14. The number of carbonyl (C=O) groups excluding carboxylic acids is 1. The maximum absolute atomic E-state index is 12.4. The van der Waals surface area contributed by atoms with E-state index in [1.165, 1.54) is 0 Å². The molecule has 0 radical (unpaired) electrons. The highest BCUT2D eigenvalue weighted by Crippen LogP contribution is 2.29. The van der Waals surface area contributed by atoms with Crippen LogP contribution in [0.15, 0.2) is 47.4 Å². The number of methoxy groups -OCH3 is 2. The number of amides is 1. The van der Waals surface area contributed by atoms with Crippen molar-refractivity contribution in [2.45, 2.75) is 17.9 Å². The fourth-order valence-electron chi connectivity index (χ4n) is 2.33. The molecule has 5 nitrogen and oxygen atoms in total. The first-order chi connectivity index (χ1) is 11.5. The smallest absolute Gasteiger partial charge is 0.251 e. The number of benzene rings is 2. The van der Waals surface area contributed by atoms with Gasteiger partial charge in [0.1, 0.15) is 11.5 Å². The minimum absolute atomic E-state index is 0.200. The summed E-state index contributed by atoms with van der Waals surface area (Å²) >= 11 is 0. The van der Waals surface area contributed by atoms with E-state index in [-0.39, 0.29) is 11.9 Å². The monoisotopic (exact) mass is 347 g/mol. The molecule has 0 aliphatic carbocycles. The van der Waals surface area contributed by atoms with Gasteiger partial charge in [-0.3, -0.25) is 9.00 Å². The van der Waals surface area contributed by atoms with Gasteiger partial charge in [0.15, 0.2) is 0 Å². The second kappa shape index (κ2) is 7.97. The van der Waals surface area contributed by atoms with E-state index < -0.39 is 10.8 Å². The lowest BCUT2D eigenvalue weighted by Gasteiger charge is -2.18. The van der Waals surface area contributed by atoms with Gasteiger partial charge in [-0.1, -0.05) is 0 Å². The lowest BCUT2D eigenvalue weighted by Crippen LogP contribution is -2.26. The number of nitrogens with one attached hydrogen (secondary N) is 1. The van der Waals surface area contributed by atoms with Crippen molar-refractivity contribution in [2.75, 3.05) is 20.5 Å². The van der Waals surface area contributed by atoms with E-state index in [1.807, 2.05) is 19.1 Å². The molecule has 1 amide bonds. The maximum atomic E-state index is 12.4. The minimum Gasteiger partial charge on any atom is -0.497 e. The number of carbonyl (C=O) groups is 1. The molecular weight excluding hydrogens is 326 g/mol. The van der Waals surface area contributed by atoms with E-state index in [4.69, 9.17) is 9.47 Å². The zero-order valence-corrected chi connectivity index (χ0v) is 15.0. The normalized spacial score (nSPS) is 13.0. The van der Waals surface area contributed by atoms with Gasteiger partial charge >= 0.3 is 0 Å². The standard InChI is InChI=1S/C18H21NO4S/c1-12(16-10-7-14(22-2)11-17(16)23-3)19-18(20)13-5-8-15(9-6-13)24(4)21/h5-12H,1-4H3,(H,19,20). The Bertz CT molecular complexity index is 743. The Morgan fingerprint density at radius 1 is 1.08 bits per heavy atom. The highest BCUT2D eigenvalue weighted by molar-refractivity contribution is 7.84. The largest absolute Gasteiger partial charge is 0.497 e. The molecule has 2 aromatic rings. The van der Waals surface area contributed by atoms with Gasteiger partial charge in [-0.2, -0.15) is 0 Å². The molecular formula is C18H21NO4S. The van der Waals surface area contributed by atoms with Crippen molar-refractivity contribution >= 4 is 16.7 Å². The molecule has 128 valence electrons. The first kappa shape index (κ1) is 18.0. The lowest BCUT2D eigenvalue weighted by atomic mass is 10.1. The molecule has 0 saturated heterocycles. The molecule has 2 rings (SSSR count). The van der Waals surface area contributed by atoms with Gasteiger partial charge in [0.2, 0.25) is 0 Å². The average molecular weight is 347 g/mol. The molecule has 24 heavy (non-hydrogen) atoms. The molecule has 0 fully saturated rings. The third-order valence-electron chi connectivity index (χ3n) is 3.70. The van der Waals surface area contributed by atoms with Crippen molar-refractivity contribution in [3.05, 3.63) is 53.6 Å². The third-order valence-corrected chi connectivity index (χ3v) is 4.64. The number of hydrogen-bond donors (Lipinski definition) is 1. The highest BCUT2D eigenvalue weighted by atomic mass is 32.2. The Morgan fingerprint density at radius 3 is 2.29 bits per heavy atom. The van der Waals surface area contributed by atoms with Crippen LogP contribution in [0.25, 0.3) is 0 Å². The van der Waals surface area contributed by atoms with Crippen LogP contribution in [0, 0.1) is 0 Å². The average Bonchev–Trinajstić information content (AvgIpc) is 2.60. The molecule has 0 aliphatic heterocycles. The van der Waals surface area contributed by atoms with Crippen LogP contribution in [0.5, 0.6) is 11.5 Å². The van der Waals surface area contributed by atoms with E-state index in [0.717, 1.165) is 5.56 Å². The van der Waals surface area contributed by atoms with Gasteiger partial charge in [-0.05, 0) is 43.3 Å². The third kappa shape index (κ3) is 4.14. The minimum atomic E-state index is -1.06. The molecule has 2 aromatic carbocycles. The van der Waals surface area contributed by atoms with Crippen LogP contribution >= 0.6 is 0 Å². The molecule has 6 heteroatoms. The van der Waals surface area contributed by atoms with E-state index in [2.05, 4.69) is 5.32 Å². The summed E-state index contributed by atoms with van der Waals surface area (Å²) in [6, 6.07) is 12.0. The summed E-state index contributed by atoms with van der Waals surface area (Å²) in [5, 5.41) is 2.94. The molecule has 0 saturated carbocycles. The Hall–Kier alpha value is -2.34. The van der Waals surface area contributed by atoms with E-state index >= 15 is 0 Å². The van der Waals surface area contributed by atoms with Gasteiger partial charge in [-0.15, -0.1) is 0 Å². The topological polar surface area (TPSA) is 64.6 Å². The van der Waals surface area contributed by atoms with E-state index in [9.17, 15) is 9.00 Å². The number of hydrogen-bond acceptors (Lipinski definition) is 4. The summed E-state index contributed by atoms with van der Waals surface area (Å²) in [5.41, 5.74) is 1.38. The van der Waals surface area contributed by atoms with Gasteiger partial charge in [0.05, 0.1) is 20.3 Å². The van der Waals surface area contributed by atoms with Crippen molar-refractivity contribution in [3.8, 4) is 11.5 Å². The Labute approximate surface area is 144 Å². The molecule has 0 aromatic heterocycles. The van der Waals surface area contributed by atoms with Crippen LogP contribution in [-0.4, -0.2) is 30.6 Å². The van der Waals surface area contributed by atoms with Gasteiger partial charge < -0.3 is 14.8 Å². The van der Waals surface area contributed by atoms with Crippen LogP contribution in [0.1, 0.15) is 28.9 Å². The van der Waals surface area contributed by atoms with Crippen LogP contribution in [0.4, 0.5) is 0 Å². The zero-order valence-electron chi connectivity index (χ0n) is 14.2. The summed E-state index contributed by atoms with van der Waals surface area (Å²) in [4.78, 5) is 13.1. The zero-order chi connectivity index (χ0) is 17.7. The van der Waals surface area contributed by atoms with Gasteiger partial charge in [0.25, 0.3) is 5.91 Å². The van der Waals surface area contributed by atoms with Crippen molar-refractivity contribution in [1.29, 1.82) is 0 Å². The second-order valence-corrected chi connectivity index (χ2v) is 6.66. The molecule has 0 heterocycles. The molecule has 2 unspecified atom stereocenters. The quantitative estimate of drug-likeness (QED) is 0.873. The van der Waals surface area contributed by atoms with Crippen LogP contribution < -0.4 is 14.8 Å². The molecule has 0 aliphatic rings. The van der Waals surface area contributed by atoms with Gasteiger partial charge in [0, 0.05) is 39.1 Å². The number of ether oxygens (including phenoxy) is 2. The lowest BCUT2D eigenvalue weighted by molar-refractivity contribution is 0.0939. The van der Waals surface area contributed by atoms with Crippen LogP contribution in [0.3, 0.4) is 0 Å². The Morgan fingerprint density at radius 2 is 1.75 bits per heavy atom. The highest BCUT2D eigenvalue weighted by Gasteiger charge is 2.16. The second-order valence-electron chi connectivity index (χ2n) is 5.28. The SMILES string of the molecule is COc1ccc(C(C)NC(=O)c2ccc(S(C)=O)cc2)c(OC)c1. The van der Waals surface area contributed by atoms with Crippen molar-refractivity contribution in [1.82, 2.24) is 5.32 Å². The predicted molar refractivity (Wildman–Crippen MR) is 94.2 cm³/mol. The fourth-order valence-corrected chi connectivity index (χ4v) is 2.85. The molecule has 0 spiro atoms. The van der Waals surface area contributed by atoms with E-state index in [0.29, 0.717) is 22.0 Å². The molecule has 2 atom stereocenters. The first-order valence-corrected chi connectivity index (χ1v) is 8.98. The van der Waals surface area contributed by atoms with E-state index in [1.54, 1.807) is 50.8 Å².